The smallest absolute Gasteiger partial charge is 0.149 e. The first-order chi connectivity index (χ1) is 7.25. The van der Waals surface area contributed by atoms with Crippen LogP contribution in [0.15, 0.2) is 12.3 Å². The summed E-state index contributed by atoms with van der Waals surface area (Å²) in [6, 6.07) is 2.27. The van der Waals surface area contributed by atoms with Crippen molar-refractivity contribution < 1.29 is 4.74 Å². The molecule has 2 rings (SSSR count). The molecule has 0 amide bonds. The number of nitrogens with two attached hydrogens (primary N) is 1. The predicted molar refractivity (Wildman–Crippen MR) is 60.9 cm³/mol. The molecule has 3 N–H and O–H groups in total. The highest BCUT2D eigenvalue weighted by molar-refractivity contribution is 5.62. The van der Waals surface area contributed by atoms with Gasteiger partial charge in [-0.2, -0.15) is 0 Å². The lowest BCUT2D eigenvalue weighted by Crippen LogP contribution is -2.30. The van der Waals surface area contributed by atoms with Crippen molar-refractivity contribution in [3.05, 3.63) is 17.8 Å². The SMILES string of the molecule is Cc1cnc(NC2CCCOC2)c(N)c1. The first kappa shape index (κ1) is 10.2. The number of hydrogen-bond donors (Lipinski definition) is 2. The van der Waals surface area contributed by atoms with Crippen LogP contribution in [0.5, 0.6) is 0 Å². The monoisotopic (exact) mass is 207 g/mol. The van der Waals surface area contributed by atoms with Crippen LogP contribution in [0.25, 0.3) is 0 Å². The lowest BCUT2D eigenvalue weighted by atomic mass is 10.1. The van der Waals surface area contributed by atoms with Gasteiger partial charge in [-0.15, -0.1) is 0 Å². The number of nitrogen functional groups attached to an aromatic ring is 1. The molecule has 0 spiro atoms. The number of ether oxygens (including phenoxy) is 1. The standard InChI is InChI=1S/C11H17N3O/c1-8-5-10(12)11(13-6-8)14-9-3-2-4-15-7-9/h5-6,9H,2-4,7,12H2,1H3,(H,13,14). The van der Waals surface area contributed by atoms with Gasteiger partial charge >= 0.3 is 0 Å². The molecule has 0 radical (unpaired) electrons. The van der Waals surface area contributed by atoms with Gasteiger partial charge in [0, 0.05) is 12.8 Å². The first-order valence-electron chi connectivity index (χ1n) is 5.32. The maximum absolute atomic E-state index is 5.87. The Kier molecular flexibility index (Phi) is 3.06. The van der Waals surface area contributed by atoms with E-state index < -0.39 is 0 Å². The highest BCUT2D eigenvalue weighted by atomic mass is 16.5. The molecule has 0 aliphatic carbocycles. The van der Waals surface area contributed by atoms with Crippen LogP contribution in [-0.4, -0.2) is 24.2 Å². The number of pyridine rings is 1. The molecule has 1 aromatic heterocycles. The Morgan fingerprint density at radius 1 is 1.60 bits per heavy atom. The van der Waals surface area contributed by atoms with E-state index in [2.05, 4.69) is 10.3 Å². The van der Waals surface area contributed by atoms with Crippen LogP contribution in [0.1, 0.15) is 18.4 Å². The van der Waals surface area contributed by atoms with E-state index in [-0.39, 0.29) is 0 Å². The van der Waals surface area contributed by atoms with Crippen molar-refractivity contribution in [1.82, 2.24) is 4.98 Å². The lowest BCUT2D eigenvalue weighted by Gasteiger charge is -2.24. The summed E-state index contributed by atoms with van der Waals surface area (Å²) in [6.07, 6.45) is 4.04. The summed E-state index contributed by atoms with van der Waals surface area (Å²) >= 11 is 0. The minimum absolute atomic E-state index is 0.344. The van der Waals surface area contributed by atoms with Crippen LogP contribution in [0.3, 0.4) is 0 Å². The fourth-order valence-corrected chi connectivity index (χ4v) is 1.76. The molecule has 1 aliphatic heterocycles. The third-order valence-corrected chi connectivity index (χ3v) is 2.56. The van der Waals surface area contributed by atoms with E-state index in [1.165, 1.54) is 0 Å². The van der Waals surface area contributed by atoms with Crippen molar-refractivity contribution in [3.8, 4) is 0 Å². The van der Waals surface area contributed by atoms with Crippen LogP contribution in [-0.2, 0) is 4.74 Å². The highest BCUT2D eigenvalue weighted by Crippen LogP contribution is 2.19. The van der Waals surface area contributed by atoms with Crippen molar-refractivity contribution in [2.45, 2.75) is 25.8 Å². The van der Waals surface area contributed by atoms with Gasteiger partial charge in [-0.25, -0.2) is 4.98 Å². The summed E-state index contributed by atoms with van der Waals surface area (Å²) in [5.74, 6) is 0.774. The van der Waals surface area contributed by atoms with Crippen LogP contribution in [0, 0.1) is 6.92 Å². The molecule has 1 unspecified atom stereocenters. The van der Waals surface area contributed by atoms with Gasteiger partial charge in [-0.3, -0.25) is 0 Å². The molecule has 4 heteroatoms. The largest absolute Gasteiger partial charge is 0.396 e. The van der Waals surface area contributed by atoms with Gasteiger partial charge in [-0.1, -0.05) is 0 Å². The van der Waals surface area contributed by atoms with Crippen molar-refractivity contribution >= 4 is 11.5 Å². The van der Waals surface area contributed by atoms with E-state index in [1.807, 2.05) is 19.2 Å². The van der Waals surface area contributed by atoms with Gasteiger partial charge in [0.1, 0.15) is 5.82 Å². The minimum Gasteiger partial charge on any atom is -0.396 e. The molecule has 82 valence electrons. The lowest BCUT2D eigenvalue weighted by molar-refractivity contribution is 0.0875. The molecule has 4 nitrogen and oxygen atoms in total. The van der Waals surface area contributed by atoms with Crippen molar-refractivity contribution in [3.63, 3.8) is 0 Å². The van der Waals surface area contributed by atoms with Gasteiger partial charge in [0.15, 0.2) is 0 Å². The number of hydrogen-bond acceptors (Lipinski definition) is 4. The molecule has 0 saturated carbocycles. The summed E-state index contributed by atoms with van der Waals surface area (Å²) in [4.78, 5) is 4.28. The second-order valence-electron chi connectivity index (χ2n) is 4.01. The summed E-state index contributed by atoms with van der Waals surface area (Å²) in [7, 11) is 0. The van der Waals surface area contributed by atoms with E-state index >= 15 is 0 Å². The Labute approximate surface area is 89.8 Å². The van der Waals surface area contributed by atoms with E-state index in [0.717, 1.165) is 37.4 Å². The molecular weight excluding hydrogens is 190 g/mol. The fourth-order valence-electron chi connectivity index (χ4n) is 1.76. The molecule has 0 bridgehead atoms. The highest BCUT2D eigenvalue weighted by Gasteiger charge is 2.14. The third kappa shape index (κ3) is 2.59. The molecule has 1 atom stereocenters. The second-order valence-corrected chi connectivity index (χ2v) is 4.01. The van der Waals surface area contributed by atoms with Crippen LogP contribution >= 0.6 is 0 Å². The van der Waals surface area contributed by atoms with Gasteiger partial charge < -0.3 is 15.8 Å². The third-order valence-electron chi connectivity index (χ3n) is 2.56. The molecule has 1 fully saturated rings. The Bertz CT molecular complexity index is 335. The van der Waals surface area contributed by atoms with Gasteiger partial charge in [-0.05, 0) is 31.4 Å². The van der Waals surface area contributed by atoms with Gasteiger partial charge in [0.2, 0.25) is 0 Å². The molecule has 0 aromatic carbocycles. The molecule has 1 saturated heterocycles. The van der Waals surface area contributed by atoms with E-state index in [9.17, 15) is 0 Å². The van der Waals surface area contributed by atoms with Crippen molar-refractivity contribution in [2.24, 2.45) is 0 Å². The Balaban J connectivity index is 2.03. The molecule has 15 heavy (non-hydrogen) atoms. The maximum atomic E-state index is 5.87. The van der Waals surface area contributed by atoms with Crippen LogP contribution < -0.4 is 11.1 Å². The molecule has 1 aromatic rings. The molecule has 1 aliphatic rings. The Morgan fingerprint density at radius 2 is 2.47 bits per heavy atom. The zero-order valence-corrected chi connectivity index (χ0v) is 8.99. The number of nitrogens with one attached hydrogen (secondary N) is 1. The zero-order chi connectivity index (χ0) is 10.7. The van der Waals surface area contributed by atoms with Gasteiger partial charge in [0.05, 0.1) is 18.3 Å². The second kappa shape index (κ2) is 4.49. The molecular formula is C11H17N3O. The quantitative estimate of drug-likeness (QED) is 0.772. The topological polar surface area (TPSA) is 60.2 Å². The summed E-state index contributed by atoms with van der Waals surface area (Å²) in [5.41, 5.74) is 7.66. The minimum atomic E-state index is 0.344. The maximum Gasteiger partial charge on any atom is 0.149 e. The van der Waals surface area contributed by atoms with E-state index in [4.69, 9.17) is 10.5 Å². The van der Waals surface area contributed by atoms with Crippen LogP contribution in [0.4, 0.5) is 11.5 Å². The average molecular weight is 207 g/mol. The normalized spacial score (nSPS) is 21.3. The fraction of sp³-hybridized carbons (Fsp3) is 0.545. The van der Waals surface area contributed by atoms with Crippen LogP contribution in [0.2, 0.25) is 0 Å². The van der Waals surface area contributed by atoms with E-state index in [0.29, 0.717) is 11.7 Å². The van der Waals surface area contributed by atoms with Crippen molar-refractivity contribution in [1.29, 1.82) is 0 Å². The average Bonchev–Trinajstić information content (AvgIpc) is 2.24. The zero-order valence-electron chi connectivity index (χ0n) is 8.99. The van der Waals surface area contributed by atoms with Crippen molar-refractivity contribution in [2.75, 3.05) is 24.3 Å². The number of aryl methyl sites for hydroxylation is 1. The Morgan fingerprint density at radius 3 is 3.13 bits per heavy atom. The van der Waals surface area contributed by atoms with E-state index in [1.54, 1.807) is 0 Å². The number of nitrogens with zero attached hydrogens (tertiary/aromatic N) is 1. The summed E-state index contributed by atoms with van der Waals surface area (Å²) in [5, 5.41) is 3.32. The Hall–Kier alpha value is -1.29. The number of aromatic nitrogens is 1. The number of rotatable bonds is 2. The summed E-state index contributed by atoms with van der Waals surface area (Å²) in [6.45, 7) is 3.60. The summed E-state index contributed by atoms with van der Waals surface area (Å²) < 4.78 is 5.39. The molecule has 2 heterocycles. The predicted octanol–water partition coefficient (Wildman–Crippen LogP) is 1.56. The first-order valence-corrected chi connectivity index (χ1v) is 5.32. The van der Waals surface area contributed by atoms with Gasteiger partial charge in [0.25, 0.3) is 0 Å². The number of anilines is 2.